The first-order valence-electron chi connectivity index (χ1n) is 6.85. The van der Waals surface area contributed by atoms with Crippen LogP contribution in [0.3, 0.4) is 0 Å². The van der Waals surface area contributed by atoms with E-state index in [9.17, 15) is 9.59 Å². The quantitative estimate of drug-likeness (QED) is 0.767. The highest BCUT2D eigenvalue weighted by atomic mass is 32.2. The van der Waals surface area contributed by atoms with Crippen molar-refractivity contribution in [1.82, 2.24) is 10.2 Å². The third-order valence-corrected chi connectivity index (χ3v) is 6.16. The van der Waals surface area contributed by atoms with E-state index in [2.05, 4.69) is 10.2 Å². The van der Waals surface area contributed by atoms with Crippen LogP contribution in [0.5, 0.6) is 0 Å². The summed E-state index contributed by atoms with van der Waals surface area (Å²) in [6.07, 6.45) is 1.62. The fraction of sp³-hybridized carbons (Fsp3) is 0.846. The van der Waals surface area contributed by atoms with Gasteiger partial charge in [0.05, 0.1) is 18.6 Å². The molecule has 1 heterocycles. The maximum Gasteiger partial charge on any atom is 0.313 e. The number of thioether (sulfide) groups is 2. The van der Waals surface area contributed by atoms with Crippen LogP contribution >= 0.6 is 23.5 Å². The van der Waals surface area contributed by atoms with E-state index < -0.39 is 5.41 Å². The van der Waals surface area contributed by atoms with Crippen LogP contribution in [0.25, 0.3) is 0 Å². The molecule has 1 saturated carbocycles. The van der Waals surface area contributed by atoms with Gasteiger partial charge in [-0.1, -0.05) is 0 Å². The number of hydrogen-bond donors (Lipinski definition) is 1. The van der Waals surface area contributed by atoms with Crippen LogP contribution in [-0.4, -0.2) is 59.7 Å². The third-order valence-electron chi connectivity index (χ3n) is 3.89. The maximum atomic E-state index is 12.2. The van der Waals surface area contributed by atoms with Crippen molar-refractivity contribution in [2.24, 2.45) is 5.41 Å². The average Bonchev–Trinajstić information content (AvgIpc) is 3.27. The van der Waals surface area contributed by atoms with E-state index in [-0.39, 0.29) is 17.9 Å². The van der Waals surface area contributed by atoms with E-state index in [1.165, 1.54) is 7.11 Å². The van der Waals surface area contributed by atoms with Crippen LogP contribution in [0.15, 0.2) is 0 Å². The fourth-order valence-corrected chi connectivity index (χ4v) is 4.55. The number of hydrogen-bond acceptors (Lipinski definition) is 6. The number of methoxy groups -OCH3 is 1. The largest absolute Gasteiger partial charge is 0.469 e. The molecule has 114 valence electrons. The lowest BCUT2D eigenvalue weighted by Gasteiger charge is -2.26. The van der Waals surface area contributed by atoms with Crippen molar-refractivity contribution in [1.29, 1.82) is 0 Å². The summed E-state index contributed by atoms with van der Waals surface area (Å²) in [5.41, 5.74) is -0.452. The molecule has 0 radical (unpaired) electrons. The van der Waals surface area contributed by atoms with E-state index in [1.807, 2.05) is 30.4 Å². The molecule has 1 unspecified atom stereocenters. The molecular formula is C13H22N2O3S2. The first-order chi connectivity index (χ1) is 9.59. The van der Waals surface area contributed by atoms with Gasteiger partial charge >= 0.3 is 5.97 Å². The second kappa shape index (κ2) is 7.04. The van der Waals surface area contributed by atoms with Crippen molar-refractivity contribution in [3.63, 3.8) is 0 Å². The van der Waals surface area contributed by atoms with Gasteiger partial charge in [-0.15, -0.1) is 23.5 Å². The summed E-state index contributed by atoms with van der Waals surface area (Å²) in [4.78, 5) is 26.0. The number of nitrogens with zero attached hydrogens (tertiary/aromatic N) is 1. The van der Waals surface area contributed by atoms with E-state index >= 15 is 0 Å². The van der Waals surface area contributed by atoms with E-state index in [4.69, 9.17) is 4.74 Å². The van der Waals surface area contributed by atoms with E-state index in [0.717, 1.165) is 36.1 Å². The summed E-state index contributed by atoms with van der Waals surface area (Å²) in [6, 6.07) is -0.151. The first kappa shape index (κ1) is 16.0. The number of esters is 1. The Morgan fingerprint density at radius 3 is 2.40 bits per heavy atom. The second-order valence-corrected chi connectivity index (χ2v) is 7.48. The third kappa shape index (κ3) is 3.83. The van der Waals surface area contributed by atoms with Crippen molar-refractivity contribution in [2.75, 3.05) is 36.9 Å². The molecule has 20 heavy (non-hydrogen) atoms. The molecule has 1 saturated heterocycles. The Bertz CT molecular complexity index is 367. The smallest absolute Gasteiger partial charge is 0.313 e. The molecule has 2 aliphatic rings. The highest BCUT2D eigenvalue weighted by molar-refractivity contribution is 8.03. The van der Waals surface area contributed by atoms with Gasteiger partial charge < -0.3 is 10.1 Å². The molecule has 0 aromatic rings. The minimum absolute atomic E-state index is 0.00304. The lowest BCUT2D eigenvalue weighted by atomic mass is 10.1. The normalized spacial score (nSPS) is 23.5. The Morgan fingerprint density at radius 1 is 1.30 bits per heavy atom. The van der Waals surface area contributed by atoms with Crippen LogP contribution in [0, 0.1) is 5.41 Å². The molecular weight excluding hydrogens is 296 g/mol. The Hall–Kier alpha value is -0.400. The summed E-state index contributed by atoms with van der Waals surface area (Å²) in [7, 11) is 1.40. The average molecular weight is 318 g/mol. The lowest BCUT2D eigenvalue weighted by Crippen LogP contribution is -2.46. The molecule has 1 N–H and O–H groups in total. The monoisotopic (exact) mass is 318 g/mol. The van der Waals surface area contributed by atoms with Gasteiger partial charge in [-0.05, 0) is 19.8 Å². The molecule has 1 amide bonds. The molecule has 2 rings (SSSR count). The number of carbonyl (C=O) groups is 2. The minimum atomic E-state index is -0.452. The van der Waals surface area contributed by atoms with Gasteiger partial charge in [0.15, 0.2) is 0 Å². The Kier molecular flexibility index (Phi) is 5.63. The highest BCUT2D eigenvalue weighted by Crippen LogP contribution is 2.46. The van der Waals surface area contributed by atoms with Crippen LogP contribution < -0.4 is 5.32 Å². The Morgan fingerprint density at radius 2 is 1.90 bits per heavy atom. The zero-order valence-corrected chi connectivity index (χ0v) is 13.6. The summed E-state index contributed by atoms with van der Waals surface area (Å²) in [5, 5.41) is 2.92. The molecule has 0 aromatic heterocycles. The summed E-state index contributed by atoms with van der Waals surface area (Å²) >= 11 is 3.73. The van der Waals surface area contributed by atoms with Gasteiger partial charge in [0.2, 0.25) is 5.91 Å². The molecule has 0 spiro atoms. The fourth-order valence-electron chi connectivity index (χ4n) is 2.13. The molecule has 1 aliphatic heterocycles. The Labute approximate surface area is 128 Å². The van der Waals surface area contributed by atoms with Crippen molar-refractivity contribution >= 4 is 35.4 Å². The number of carbonyl (C=O) groups excluding carboxylic acids is 2. The second-order valence-electron chi connectivity index (χ2n) is 5.33. The predicted molar refractivity (Wildman–Crippen MR) is 82.6 cm³/mol. The van der Waals surface area contributed by atoms with Gasteiger partial charge in [-0.2, -0.15) is 0 Å². The summed E-state index contributed by atoms with van der Waals surface area (Å²) in [5.74, 6) is 3.87. The van der Waals surface area contributed by atoms with Crippen LogP contribution in [0.4, 0.5) is 0 Å². The Balaban J connectivity index is 1.80. The molecule has 5 nitrogen and oxygen atoms in total. The van der Waals surface area contributed by atoms with Gasteiger partial charge in [-0.25, -0.2) is 0 Å². The van der Waals surface area contributed by atoms with Crippen molar-refractivity contribution in [3.8, 4) is 0 Å². The molecule has 7 heteroatoms. The molecule has 1 aliphatic carbocycles. The molecule has 2 fully saturated rings. The predicted octanol–water partition coefficient (Wildman–Crippen LogP) is 1.14. The van der Waals surface area contributed by atoms with Crippen LogP contribution in [0.2, 0.25) is 0 Å². The minimum Gasteiger partial charge on any atom is -0.469 e. The topological polar surface area (TPSA) is 58.6 Å². The van der Waals surface area contributed by atoms with Crippen molar-refractivity contribution in [3.05, 3.63) is 0 Å². The van der Waals surface area contributed by atoms with Crippen LogP contribution in [0.1, 0.15) is 19.8 Å². The number of amides is 1. The van der Waals surface area contributed by atoms with E-state index in [1.54, 1.807) is 0 Å². The van der Waals surface area contributed by atoms with Gasteiger partial charge in [-0.3, -0.25) is 14.5 Å². The maximum absolute atomic E-state index is 12.2. The standard InChI is InChI=1S/C13H22N2O3S2/c1-10(15-8-19-5-6-20-9-15)11(16)14-7-13(3-4-13)12(17)18-2/h10H,3-9H2,1-2H3,(H,14,16). The molecule has 0 aromatic carbocycles. The lowest BCUT2D eigenvalue weighted by molar-refractivity contribution is -0.147. The molecule has 1 atom stereocenters. The van der Waals surface area contributed by atoms with Gasteiger partial charge in [0.1, 0.15) is 0 Å². The van der Waals surface area contributed by atoms with Crippen molar-refractivity contribution < 1.29 is 14.3 Å². The number of rotatable bonds is 5. The van der Waals surface area contributed by atoms with Crippen LogP contribution in [-0.2, 0) is 14.3 Å². The zero-order chi connectivity index (χ0) is 14.6. The highest BCUT2D eigenvalue weighted by Gasteiger charge is 2.51. The number of ether oxygens (including phenoxy) is 1. The summed E-state index contributed by atoms with van der Waals surface area (Å²) < 4.78 is 4.80. The van der Waals surface area contributed by atoms with Gasteiger partial charge in [0, 0.05) is 29.8 Å². The van der Waals surface area contributed by atoms with Gasteiger partial charge in [0.25, 0.3) is 0 Å². The van der Waals surface area contributed by atoms with E-state index in [0.29, 0.717) is 6.54 Å². The zero-order valence-electron chi connectivity index (χ0n) is 12.0. The first-order valence-corrected chi connectivity index (χ1v) is 9.16. The summed E-state index contributed by atoms with van der Waals surface area (Å²) in [6.45, 7) is 2.33. The number of nitrogens with one attached hydrogen (secondary N) is 1. The van der Waals surface area contributed by atoms with Crippen molar-refractivity contribution in [2.45, 2.75) is 25.8 Å². The SMILES string of the molecule is COC(=O)C1(CNC(=O)C(C)N2CSCCSC2)CC1. The molecule has 0 bridgehead atoms.